The van der Waals surface area contributed by atoms with Gasteiger partial charge in [-0.15, -0.1) is 0 Å². The highest BCUT2D eigenvalue weighted by Crippen LogP contribution is 2.25. The number of hydrogen-bond acceptors (Lipinski definition) is 2. The van der Waals surface area contributed by atoms with Gasteiger partial charge in [0, 0.05) is 13.6 Å². The van der Waals surface area contributed by atoms with E-state index in [2.05, 4.69) is 0 Å². The first-order chi connectivity index (χ1) is 6.11. The van der Waals surface area contributed by atoms with Crippen molar-refractivity contribution in [2.75, 3.05) is 13.6 Å². The van der Waals surface area contributed by atoms with Crippen molar-refractivity contribution in [3.05, 3.63) is 0 Å². The van der Waals surface area contributed by atoms with Crippen LogP contribution in [0.4, 0.5) is 0 Å². The van der Waals surface area contributed by atoms with Crippen molar-refractivity contribution in [1.82, 2.24) is 4.90 Å². The molecule has 0 aromatic carbocycles. The summed E-state index contributed by atoms with van der Waals surface area (Å²) in [6, 6.07) is -0.355. The van der Waals surface area contributed by atoms with Crippen LogP contribution in [0.3, 0.4) is 0 Å². The second kappa shape index (κ2) is 4.61. The Morgan fingerprint density at radius 3 is 2.54 bits per heavy atom. The van der Waals surface area contributed by atoms with Crippen LogP contribution in [0.15, 0.2) is 0 Å². The lowest BCUT2D eigenvalue weighted by atomic mass is 10.1. The highest BCUT2D eigenvalue weighted by molar-refractivity contribution is 5.80. The maximum atomic E-state index is 11.4. The van der Waals surface area contributed by atoms with E-state index in [-0.39, 0.29) is 11.9 Å². The summed E-state index contributed by atoms with van der Waals surface area (Å²) in [6.45, 7) is 2.63. The lowest BCUT2D eigenvalue weighted by Crippen LogP contribution is -2.41. The third-order valence-electron chi connectivity index (χ3n) is 2.77. The molecule has 3 heteroatoms. The van der Waals surface area contributed by atoms with Crippen LogP contribution in [0.5, 0.6) is 0 Å². The zero-order valence-electron chi connectivity index (χ0n) is 8.62. The molecule has 1 aliphatic rings. The predicted molar refractivity (Wildman–Crippen MR) is 53.2 cm³/mol. The Kier molecular flexibility index (Phi) is 3.72. The molecule has 0 spiro atoms. The molecule has 0 aromatic heterocycles. The van der Waals surface area contributed by atoms with Gasteiger partial charge in [0.2, 0.25) is 5.91 Å². The molecule has 1 aliphatic carbocycles. The van der Waals surface area contributed by atoms with Gasteiger partial charge in [-0.1, -0.05) is 12.8 Å². The first-order valence-electron chi connectivity index (χ1n) is 5.12. The van der Waals surface area contributed by atoms with Crippen LogP contribution in [0.25, 0.3) is 0 Å². The number of amides is 1. The van der Waals surface area contributed by atoms with Gasteiger partial charge in [-0.2, -0.15) is 0 Å². The summed E-state index contributed by atoms with van der Waals surface area (Å²) in [4.78, 5) is 13.2. The quantitative estimate of drug-likeness (QED) is 0.710. The van der Waals surface area contributed by atoms with Gasteiger partial charge in [-0.25, -0.2) is 0 Å². The van der Waals surface area contributed by atoms with Crippen molar-refractivity contribution < 1.29 is 4.79 Å². The van der Waals surface area contributed by atoms with Gasteiger partial charge < -0.3 is 10.6 Å². The summed E-state index contributed by atoms with van der Waals surface area (Å²) >= 11 is 0. The van der Waals surface area contributed by atoms with Crippen molar-refractivity contribution in [3.63, 3.8) is 0 Å². The molecular formula is C10H20N2O. The number of carbonyl (C=O) groups excluding carboxylic acids is 1. The van der Waals surface area contributed by atoms with E-state index in [9.17, 15) is 4.79 Å². The Labute approximate surface area is 80.3 Å². The van der Waals surface area contributed by atoms with Gasteiger partial charge in [0.25, 0.3) is 0 Å². The summed E-state index contributed by atoms with van der Waals surface area (Å²) in [5.41, 5.74) is 5.52. The number of likely N-dealkylation sites (N-methyl/N-ethyl adjacent to an activating group) is 1. The fourth-order valence-corrected chi connectivity index (χ4v) is 2.02. The van der Waals surface area contributed by atoms with E-state index < -0.39 is 0 Å². The van der Waals surface area contributed by atoms with E-state index >= 15 is 0 Å². The lowest BCUT2D eigenvalue weighted by molar-refractivity contribution is -0.131. The largest absolute Gasteiger partial charge is 0.344 e. The maximum absolute atomic E-state index is 11.4. The SMILES string of the molecule is C[C@H](N)C(=O)N(C)CC1CCCC1. The minimum absolute atomic E-state index is 0.0619. The zero-order chi connectivity index (χ0) is 9.84. The van der Waals surface area contributed by atoms with Gasteiger partial charge >= 0.3 is 0 Å². The van der Waals surface area contributed by atoms with Crippen molar-refractivity contribution in [1.29, 1.82) is 0 Å². The molecule has 0 unspecified atom stereocenters. The molecule has 0 aliphatic heterocycles. The van der Waals surface area contributed by atoms with Crippen molar-refractivity contribution in [2.24, 2.45) is 11.7 Å². The molecule has 3 nitrogen and oxygen atoms in total. The van der Waals surface area contributed by atoms with Crippen LogP contribution in [0.2, 0.25) is 0 Å². The van der Waals surface area contributed by atoms with E-state index in [1.807, 2.05) is 7.05 Å². The summed E-state index contributed by atoms with van der Waals surface area (Å²) in [5, 5.41) is 0. The van der Waals surface area contributed by atoms with Crippen LogP contribution in [-0.2, 0) is 4.79 Å². The average Bonchev–Trinajstić information content (AvgIpc) is 2.55. The number of carbonyl (C=O) groups is 1. The Hall–Kier alpha value is -0.570. The first kappa shape index (κ1) is 10.5. The molecule has 0 saturated heterocycles. The maximum Gasteiger partial charge on any atom is 0.238 e. The molecule has 1 rings (SSSR count). The molecule has 2 N–H and O–H groups in total. The molecule has 1 saturated carbocycles. The van der Waals surface area contributed by atoms with Crippen LogP contribution < -0.4 is 5.73 Å². The number of hydrogen-bond donors (Lipinski definition) is 1. The number of rotatable bonds is 3. The smallest absolute Gasteiger partial charge is 0.238 e. The molecule has 0 heterocycles. The molecule has 0 bridgehead atoms. The van der Waals surface area contributed by atoms with Crippen LogP contribution >= 0.6 is 0 Å². The predicted octanol–water partition coefficient (Wildman–Crippen LogP) is 0.982. The number of nitrogens with two attached hydrogens (primary N) is 1. The molecule has 1 amide bonds. The monoisotopic (exact) mass is 184 g/mol. The van der Waals surface area contributed by atoms with E-state index in [4.69, 9.17) is 5.73 Å². The van der Waals surface area contributed by atoms with Gasteiger partial charge in [-0.05, 0) is 25.7 Å². The van der Waals surface area contributed by atoms with E-state index in [1.54, 1.807) is 11.8 Å². The fourth-order valence-electron chi connectivity index (χ4n) is 2.02. The summed E-state index contributed by atoms with van der Waals surface area (Å²) in [5.74, 6) is 0.777. The molecule has 1 atom stereocenters. The van der Waals surface area contributed by atoms with Crippen LogP contribution in [-0.4, -0.2) is 30.4 Å². The molecule has 0 radical (unpaired) electrons. The summed E-state index contributed by atoms with van der Waals surface area (Å²) in [7, 11) is 1.85. The van der Waals surface area contributed by atoms with Crippen molar-refractivity contribution >= 4 is 5.91 Å². The minimum atomic E-state index is -0.355. The van der Waals surface area contributed by atoms with Crippen molar-refractivity contribution in [3.8, 4) is 0 Å². The third kappa shape index (κ3) is 2.99. The molecule has 1 fully saturated rings. The van der Waals surface area contributed by atoms with E-state index in [0.29, 0.717) is 5.92 Å². The van der Waals surface area contributed by atoms with E-state index in [0.717, 1.165) is 6.54 Å². The fraction of sp³-hybridized carbons (Fsp3) is 0.900. The third-order valence-corrected chi connectivity index (χ3v) is 2.77. The Morgan fingerprint density at radius 1 is 1.54 bits per heavy atom. The highest BCUT2D eigenvalue weighted by Gasteiger charge is 2.20. The summed E-state index contributed by atoms with van der Waals surface area (Å²) < 4.78 is 0. The van der Waals surface area contributed by atoms with Gasteiger partial charge in [0.15, 0.2) is 0 Å². The Bertz CT molecular complexity index is 174. The normalized spacial score (nSPS) is 20.2. The standard InChI is InChI=1S/C10H20N2O/c1-8(11)10(13)12(2)7-9-5-3-4-6-9/h8-9H,3-7,11H2,1-2H3/t8-/m0/s1. The van der Waals surface area contributed by atoms with Gasteiger partial charge in [0.1, 0.15) is 0 Å². The van der Waals surface area contributed by atoms with Gasteiger partial charge in [-0.3, -0.25) is 4.79 Å². The minimum Gasteiger partial charge on any atom is -0.344 e. The molecular weight excluding hydrogens is 164 g/mol. The molecule has 13 heavy (non-hydrogen) atoms. The zero-order valence-corrected chi connectivity index (χ0v) is 8.62. The lowest BCUT2D eigenvalue weighted by Gasteiger charge is -2.22. The van der Waals surface area contributed by atoms with Crippen LogP contribution in [0, 0.1) is 5.92 Å². The first-order valence-corrected chi connectivity index (χ1v) is 5.12. The summed E-state index contributed by atoms with van der Waals surface area (Å²) in [6.07, 6.45) is 5.20. The van der Waals surface area contributed by atoms with Crippen molar-refractivity contribution in [2.45, 2.75) is 38.6 Å². The topological polar surface area (TPSA) is 46.3 Å². The Balaban J connectivity index is 2.31. The highest BCUT2D eigenvalue weighted by atomic mass is 16.2. The van der Waals surface area contributed by atoms with Gasteiger partial charge in [0.05, 0.1) is 6.04 Å². The average molecular weight is 184 g/mol. The number of nitrogens with zero attached hydrogens (tertiary/aromatic N) is 1. The second-order valence-corrected chi connectivity index (χ2v) is 4.16. The molecule has 0 aromatic rings. The Morgan fingerprint density at radius 2 is 2.08 bits per heavy atom. The second-order valence-electron chi connectivity index (χ2n) is 4.16. The van der Waals surface area contributed by atoms with Crippen LogP contribution in [0.1, 0.15) is 32.6 Å². The molecule has 76 valence electrons. The van der Waals surface area contributed by atoms with E-state index in [1.165, 1.54) is 25.7 Å².